The van der Waals surface area contributed by atoms with Crippen molar-refractivity contribution in [1.29, 1.82) is 0 Å². The number of hydrogen-bond donors (Lipinski definition) is 0. The molecule has 0 bridgehead atoms. The summed E-state index contributed by atoms with van der Waals surface area (Å²) < 4.78 is 45.0. The summed E-state index contributed by atoms with van der Waals surface area (Å²) in [4.78, 5) is 16.7. The second kappa shape index (κ2) is 10.1. The third-order valence-electron chi connectivity index (χ3n) is 5.61. The number of nitrogens with zero attached hydrogens (tertiary/aromatic N) is 3. The lowest BCUT2D eigenvalue weighted by Crippen LogP contribution is -2.52. The maximum absolute atomic E-state index is 13.2. The Morgan fingerprint density at radius 2 is 1.47 bits per heavy atom. The molecule has 4 rings (SSSR count). The van der Waals surface area contributed by atoms with Crippen LogP contribution in [0.1, 0.15) is 0 Å². The molecule has 0 atom stereocenters. The maximum Gasteiger partial charge on any atom is 0.243 e. The Morgan fingerprint density at radius 1 is 0.882 bits per heavy atom. The number of carbonyl (C=O) groups excluding carboxylic acids is 1. The van der Waals surface area contributed by atoms with Crippen molar-refractivity contribution in [1.82, 2.24) is 4.90 Å². The van der Waals surface area contributed by atoms with Crippen LogP contribution >= 0.6 is 0 Å². The lowest BCUT2D eigenvalue weighted by molar-refractivity contribution is -0.129. The van der Waals surface area contributed by atoms with E-state index in [2.05, 4.69) is 4.90 Å². The number of piperazine rings is 1. The summed E-state index contributed by atoms with van der Waals surface area (Å²) in [6, 6.07) is 22.1. The van der Waals surface area contributed by atoms with E-state index in [-0.39, 0.29) is 18.3 Å². The smallest absolute Gasteiger partial charge is 0.243 e. The van der Waals surface area contributed by atoms with Gasteiger partial charge in [-0.1, -0.05) is 18.2 Å². The zero-order valence-corrected chi connectivity index (χ0v) is 19.6. The fourth-order valence-corrected chi connectivity index (χ4v) is 4.64. The van der Waals surface area contributed by atoms with Crippen LogP contribution in [-0.4, -0.2) is 58.2 Å². The molecule has 1 saturated heterocycles. The highest BCUT2D eigenvalue weighted by Gasteiger charge is 2.26. The molecule has 0 N–H and O–H groups in total. The third-order valence-corrected chi connectivity index (χ3v) is 6.75. The monoisotopic (exact) mass is 483 g/mol. The van der Waals surface area contributed by atoms with E-state index in [9.17, 15) is 17.6 Å². The molecule has 3 aromatic rings. The van der Waals surface area contributed by atoms with Crippen LogP contribution in [0.25, 0.3) is 0 Å². The second-order valence-corrected chi connectivity index (χ2v) is 9.93. The van der Waals surface area contributed by atoms with Crippen molar-refractivity contribution in [3.8, 4) is 11.5 Å². The highest BCUT2D eigenvalue weighted by atomic mass is 32.2. The van der Waals surface area contributed by atoms with Gasteiger partial charge in [-0.3, -0.25) is 9.10 Å². The Labute approximate surface area is 199 Å². The molecular weight excluding hydrogens is 457 g/mol. The molecule has 9 heteroatoms. The van der Waals surface area contributed by atoms with Crippen molar-refractivity contribution in [2.75, 3.05) is 48.2 Å². The molecule has 1 aliphatic rings. The molecule has 0 aliphatic carbocycles. The molecule has 1 amide bonds. The summed E-state index contributed by atoms with van der Waals surface area (Å²) in [6.07, 6.45) is 1.08. The topological polar surface area (TPSA) is 70.2 Å². The number of anilines is 2. The van der Waals surface area contributed by atoms with Crippen LogP contribution in [-0.2, 0) is 14.8 Å². The van der Waals surface area contributed by atoms with Gasteiger partial charge in [-0.15, -0.1) is 0 Å². The summed E-state index contributed by atoms with van der Waals surface area (Å²) in [5.41, 5.74) is 1.28. The molecule has 1 heterocycles. The van der Waals surface area contributed by atoms with Gasteiger partial charge in [0.1, 0.15) is 23.9 Å². The summed E-state index contributed by atoms with van der Waals surface area (Å²) in [6.45, 7) is 1.80. The third kappa shape index (κ3) is 5.85. The number of halogens is 1. The van der Waals surface area contributed by atoms with Gasteiger partial charge in [-0.05, 0) is 60.7 Å². The zero-order valence-electron chi connectivity index (χ0n) is 18.8. The van der Waals surface area contributed by atoms with Gasteiger partial charge in [0.2, 0.25) is 15.9 Å². The highest BCUT2D eigenvalue weighted by Crippen LogP contribution is 2.26. The molecule has 0 saturated carbocycles. The number of sulfonamides is 1. The molecule has 178 valence electrons. The molecule has 0 spiro atoms. The highest BCUT2D eigenvalue weighted by molar-refractivity contribution is 7.92. The molecule has 0 radical (unpaired) electrons. The first-order valence-electron chi connectivity index (χ1n) is 10.9. The van der Waals surface area contributed by atoms with Crippen molar-refractivity contribution in [2.45, 2.75) is 0 Å². The molecule has 1 aliphatic heterocycles. The number of para-hydroxylation sites is 1. The lowest BCUT2D eigenvalue weighted by Gasteiger charge is -2.37. The van der Waals surface area contributed by atoms with Crippen LogP contribution in [0.5, 0.6) is 11.5 Å². The molecule has 0 unspecified atom stereocenters. The summed E-state index contributed by atoms with van der Waals surface area (Å²) in [5, 5.41) is 0. The minimum Gasteiger partial charge on any atom is -0.457 e. The van der Waals surface area contributed by atoms with Crippen molar-refractivity contribution in [3.63, 3.8) is 0 Å². The van der Waals surface area contributed by atoms with E-state index in [0.29, 0.717) is 43.4 Å². The molecule has 34 heavy (non-hydrogen) atoms. The normalized spacial score (nSPS) is 14.1. The van der Waals surface area contributed by atoms with Crippen LogP contribution in [0.15, 0.2) is 78.9 Å². The van der Waals surface area contributed by atoms with E-state index in [1.54, 1.807) is 41.3 Å². The average Bonchev–Trinajstić information content (AvgIpc) is 2.84. The fraction of sp³-hybridized carbons (Fsp3) is 0.240. The number of amides is 1. The van der Waals surface area contributed by atoms with E-state index in [1.165, 1.54) is 12.1 Å². The van der Waals surface area contributed by atoms with E-state index >= 15 is 0 Å². The predicted molar refractivity (Wildman–Crippen MR) is 130 cm³/mol. The molecule has 3 aromatic carbocycles. The molecule has 7 nitrogen and oxygen atoms in total. The largest absolute Gasteiger partial charge is 0.457 e. The minimum absolute atomic E-state index is 0.270. The number of hydrogen-bond acceptors (Lipinski definition) is 5. The first-order chi connectivity index (χ1) is 16.3. The second-order valence-electron chi connectivity index (χ2n) is 8.02. The number of rotatable bonds is 7. The van der Waals surface area contributed by atoms with Gasteiger partial charge in [0.15, 0.2) is 0 Å². The molecule has 1 fully saturated rings. The predicted octanol–water partition coefficient (Wildman–Crippen LogP) is 3.73. The van der Waals surface area contributed by atoms with Crippen molar-refractivity contribution in [3.05, 3.63) is 84.7 Å². The van der Waals surface area contributed by atoms with Gasteiger partial charge in [0, 0.05) is 31.9 Å². The lowest BCUT2D eigenvalue weighted by atomic mass is 10.2. The van der Waals surface area contributed by atoms with E-state index in [0.717, 1.165) is 16.2 Å². The van der Waals surface area contributed by atoms with Crippen LogP contribution in [0.3, 0.4) is 0 Å². The van der Waals surface area contributed by atoms with E-state index in [4.69, 9.17) is 4.74 Å². The quantitative estimate of drug-likeness (QED) is 0.512. The number of ether oxygens (including phenoxy) is 1. The standard InChI is InChI=1S/C25H26FN3O4S/c1-34(31,32)29(22-11-13-24(14-12-22)33-23-5-3-2-4-6-23)19-25(30)28-17-15-27(16-18-28)21-9-7-20(26)8-10-21/h2-14H,15-19H2,1H3. The van der Waals surface area contributed by atoms with E-state index < -0.39 is 10.0 Å². The Kier molecular flexibility index (Phi) is 7.02. The zero-order chi connectivity index (χ0) is 24.1. The van der Waals surface area contributed by atoms with Gasteiger partial charge in [0.05, 0.1) is 11.9 Å². The summed E-state index contributed by atoms with van der Waals surface area (Å²) >= 11 is 0. The van der Waals surface area contributed by atoms with Crippen LogP contribution in [0.2, 0.25) is 0 Å². The Morgan fingerprint density at radius 3 is 2.06 bits per heavy atom. The van der Waals surface area contributed by atoms with Crippen molar-refractivity contribution in [2.24, 2.45) is 0 Å². The molecule has 0 aromatic heterocycles. The fourth-order valence-electron chi connectivity index (χ4n) is 3.79. The van der Waals surface area contributed by atoms with Crippen LogP contribution in [0, 0.1) is 5.82 Å². The number of carbonyl (C=O) groups is 1. The van der Waals surface area contributed by atoms with Gasteiger partial charge >= 0.3 is 0 Å². The van der Waals surface area contributed by atoms with Crippen LogP contribution < -0.4 is 13.9 Å². The Hall–Kier alpha value is -3.59. The number of benzene rings is 3. The maximum atomic E-state index is 13.2. The summed E-state index contributed by atoms with van der Waals surface area (Å²) in [7, 11) is -3.68. The summed E-state index contributed by atoms with van der Waals surface area (Å²) in [5.74, 6) is 0.670. The SMILES string of the molecule is CS(=O)(=O)N(CC(=O)N1CCN(c2ccc(F)cc2)CC1)c1ccc(Oc2ccccc2)cc1. The Balaban J connectivity index is 1.39. The minimum atomic E-state index is -3.68. The first-order valence-corrected chi connectivity index (χ1v) is 12.7. The van der Waals surface area contributed by atoms with Gasteiger partial charge in [-0.2, -0.15) is 0 Å². The first kappa shape index (κ1) is 23.6. The van der Waals surface area contributed by atoms with Crippen molar-refractivity contribution < 1.29 is 22.3 Å². The van der Waals surface area contributed by atoms with Crippen LogP contribution in [0.4, 0.5) is 15.8 Å². The van der Waals surface area contributed by atoms with Gasteiger partial charge in [0.25, 0.3) is 0 Å². The van der Waals surface area contributed by atoms with Gasteiger partial charge < -0.3 is 14.5 Å². The van der Waals surface area contributed by atoms with Crippen molar-refractivity contribution >= 4 is 27.3 Å². The molecular formula is C25H26FN3O4S. The van der Waals surface area contributed by atoms with Gasteiger partial charge in [-0.25, -0.2) is 12.8 Å². The van der Waals surface area contributed by atoms with E-state index in [1.807, 2.05) is 30.3 Å². The Bertz CT molecular complexity index is 1210. The average molecular weight is 484 g/mol.